The first-order chi connectivity index (χ1) is 13.6. The number of carbonyl (C=O) groups excluding carboxylic acids is 2. The Morgan fingerprint density at radius 2 is 1.64 bits per heavy atom. The Balaban J connectivity index is 1.21. The van der Waals surface area contributed by atoms with E-state index < -0.39 is 0 Å². The molecule has 4 bridgehead atoms. The topological polar surface area (TPSA) is 67.4 Å². The van der Waals surface area contributed by atoms with Crippen molar-refractivity contribution in [3.8, 4) is 0 Å². The average Bonchev–Trinajstić information content (AvgIpc) is 2.68. The van der Waals surface area contributed by atoms with Crippen LogP contribution in [0.4, 0.5) is 0 Å². The van der Waals surface area contributed by atoms with Gasteiger partial charge >= 0.3 is 0 Å². The van der Waals surface area contributed by atoms with Crippen LogP contribution >= 0.6 is 0 Å². The van der Waals surface area contributed by atoms with E-state index in [0.29, 0.717) is 19.5 Å². The molecule has 0 aliphatic heterocycles. The monoisotopic (exact) mass is 384 g/mol. The molecule has 0 spiro atoms. The molecule has 1 atom stereocenters. The predicted octanol–water partition coefficient (Wildman–Crippen LogP) is 3.21. The molecule has 4 aliphatic rings. The zero-order chi connectivity index (χ0) is 19.6. The molecule has 2 N–H and O–H groups in total. The normalized spacial score (nSPS) is 31.4. The zero-order valence-corrected chi connectivity index (χ0v) is 16.8. The molecule has 5 rings (SSSR count). The molecule has 0 saturated heterocycles. The van der Waals surface area contributed by atoms with Crippen molar-refractivity contribution in [2.24, 2.45) is 23.2 Å². The Labute approximate surface area is 167 Å². The minimum absolute atomic E-state index is 0.0520. The number of hydrogen-bond acceptors (Lipinski definition) is 3. The number of benzene rings is 1. The van der Waals surface area contributed by atoms with Gasteiger partial charge < -0.3 is 15.4 Å². The Kier molecular flexibility index (Phi) is 5.72. The second-order valence-corrected chi connectivity index (χ2v) is 9.14. The quantitative estimate of drug-likeness (QED) is 0.723. The summed E-state index contributed by atoms with van der Waals surface area (Å²) in [7, 11) is 1.65. The molecule has 1 aromatic carbocycles. The van der Waals surface area contributed by atoms with Crippen LogP contribution in [0, 0.1) is 23.2 Å². The summed E-state index contributed by atoms with van der Waals surface area (Å²) in [6.07, 6.45) is 7.32. The lowest BCUT2D eigenvalue weighted by Crippen LogP contribution is -2.53. The molecule has 0 heterocycles. The fourth-order valence-electron chi connectivity index (χ4n) is 6.17. The molecule has 4 saturated carbocycles. The SMILES string of the molecule is COC(CNC(=O)CCNC(=O)C12CC3CC(CC(C3)C1)C2)c1ccccc1. The van der Waals surface area contributed by atoms with E-state index in [1.54, 1.807) is 7.11 Å². The molecule has 5 nitrogen and oxygen atoms in total. The largest absolute Gasteiger partial charge is 0.375 e. The van der Waals surface area contributed by atoms with Gasteiger partial charge in [-0.15, -0.1) is 0 Å². The zero-order valence-electron chi connectivity index (χ0n) is 16.8. The molecule has 152 valence electrons. The summed E-state index contributed by atoms with van der Waals surface area (Å²) in [6, 6.07) is 9.87. The molecule has 0 aromatic heterocycles. The summed E-state index contributed by atoms with van der Waals surface area (Å²) < 4.78 is 5.48. The standard InChI is InChI=1S/C23H32N2O3/c1-28-20(19-5-3-2-4-6-19)15-25-21(26)7-8-24-22(27)23-12-16-9-17(13-23)11-18(10-16)14-23/h2-6,16-18,20H,7-15H2,1H3,(H,24,27)(H,25,26). The van der Waals surface area contributed by atoms with Crippen molar-refractivity contribution >= 4 is 11.8 Å². The maximum atomic E-state index is 12.9. The predicted molar refractivity (Wildman–Crippen MR) is 107 cm³/mol. The Bertz CT molecular complexity index is 668. The number of carbonyl (C=O) groups is 2. The van der Waals surface area contributed by atoms with E-state index in [2.05, 4.69) is 10.6 Å². The van der Waals surface area contributed by atoms with Gasteiger partial charge in [0.25, 0.3) is 0 Å². The number of amides is 2. The Morgan fingerprint density at radius 3 is 2.21 bits per heavy atom. The second kappa shape index (κ2) is 8.24. The van der Waals surface area contributed by atoms with E-state index in [-0.39, 0.29) is 23.3 Å². The molecule has 2 amide bonds. The minimum Gasteiger partial charge on any atom is -0.375 e. The van der Waals surface area contributed by atoms with Crippen LogP contribution in [-0.4, -0.2) is 32.0 Å². The summed E-state index contributed by atoms with van der Waals surface area (Å²) >= 11 is 0. The number of methoxy groups -OCH3 is 1. The summed E-state index contributed by atoms with van der Waals surface area (Å²) in [5.41, 5.74) is 0.903. The van der Waals surface area contributed by atoms with Crippen LogP contribution in [0.1, 0.15) is 56.6 Å². The average molecular weight is 385 g/mol. The summed E-state index contributed by atoms with van der Waals surface area (Å²) in [6.45, 7) is 0.845. The molecule has 1 aromatic rings. The third-order valence-electron chi connectivity index (χ3n) is 7.10. The third-order valence-corrected chi connectivity index (χ3v) is 7.10. The van der Waals surface area contributed by atoms with Crippen LogP contribution in [0.25, 0.3) is 0 Å². The van der Waals surface area contributed by atoms with Gasteiger partial charge in [-0.1, -0.05) is 30.3 Å². The van der Waals surface area contributed by atoms with Crippen LogP contribution < -0.4 is 10.6 Å². The van der Waals surface area contributed by atoms with Crippen molar-refractivity contribution in [2.75, 3.05) is 20.2 Å². The fourth-order valence-corrected chi connectivity index (χ4v) is 6.17. The molecule has 4 aliphatic carbocycles. The van der Waals surface area contributed by atoms with Crippen LogP contribution in [-0.2, 0) is 14.3 Å². The van der Waals surface area contributed by atoms with E-state index in [9.17, 15) is 9.59 Å². The van der Waals surface area contributed by atoms with Gasteiger partial charge in [0.1, 0.15) is 0 Å². The van der Waals surface area contributed by atoms with Gasteiger partial charge in [-0.3, -0.25) is 9.59 Å². The van der Waals surface area contributed by atoms with Crippen molar-refractivity contribution in [1.82, 2.24) is 10.6 Å². The summed E-state index contributed by atoms with van der Waals surface area (Å²) in [5.74, 6) is 2.40. The van der Waals surface area contributed by atoms with Crippen LogP contribution in [0.2, 0.25) is 0 Å². The molecule has 4 fully saturated rings. The minimum atomic E-state index is -0.160. The molecule has 28 heavy (non-hydrogen) atoms. The van der Waals surface area contributed by atoms with Crippen molar-refractivity contribution in [2.45, 2.75) is 51.0 Å². The van der Waals surface area contributed by atoms with E-state index in [4.69, 9.17) is 4.74 Å². The van der Waals surface area contributed by atoms with E-state index in [0.717, 1.165) is 42.6 Å². The van der Waals surface area contributed by atoms with Crippen molar-refractivity contribution < 1.29 is 14.3 Å². The highest BCUT2D eigenvalue weighted by Crippen LogP contribution is 2.60. The van der Waals surface area contributed by atoms with Gasteiger partial charge in [-0.05, 0) is 61.8 Å². The summed E-state index contributed by atoms with van der Waals surface area (Å²) in [5, 5.41) is 6.00. The lowest BCUT2D eigenvalue weighted by atomic mass is 9.49. The van der Waals surface area contributed by atoms with E-state index >= 15 is 0 Å². The van der Waals surface area contributed by atoms with Crippen molar-refractivity contribution in [3.05, 3.63) is 35.9 Å². The van der Waals surface area contributed by atoms with Gasteiger partial charge in [-0.25, -0.2) is 0 Å². The second-order valence-electron chi connectivity index (χ2n) is 9.14. The molecular formula is C23H32N2O3. The van der Waals surface area contributed by atoms with Gasteiger partial charge in [0.05, 0.1) is 6.10 Å². The Morgan fingerprint density at radius 1 is 1.04 bits per heavy atom. The molecular weight excluding hydrogens is 352 g/mol. The lowest BCUT2D eigenvalue weighted by Gasteiger charge is -2.55. The number of hydrogen-bond donors (Lipinski definition) is 2. The number of nitrogens with one attached hydrogen (secondary N) is 2. The summed E-state index contributed by atoms with van der Waals surface area (Å²) in [4.78, 5) is 25.1. The highest BCUT2D eigenvalue weighted by Gasteiger charge is 2.54. The fraction of sp³-hybridized carbons (Fsp3) is 0.652. The highest BCUT2D eigenvalue weighted by atomic mass is 16.5. The van der Waals surface area contributed by atoms with Crippen LogP contribution in [0.15, 0.2) is 30.3 Å². The van der Waals surface area contributed by atoms with Gasteiger partial charge in [0.15, 0.2) is 0 Å². The van der Waals surface area contributed by atoms with Crippen LogP contribution in [0.3, 0.4) is 0 Å². The smallest absolute Gasteiger partial charge is 0.226 e. The van der Waals surface area contributed by atoms with Gasteiger partial charge in [-0.2, -0.15) is 0 Å². The van der Waals surface area contributed by atoms with Crippen LogP contribution in [0.5, 0.6) is 0 Å². The lowest BCUT2D eigenvalue weighted by molar-refractivity contribution is -0.146. The first kappa shape index (κ1) is 19.4. The molecule has 5 heteroatoms. The molecule has 0 radical (unpaired) electrons. The Hall–Kier alpha value is -1.88. The number of ether oxygens (including phenoxy) is 1. The first-order valence-electron chi connectivity index (χ1n) is 10.7. The highest BCUT2D eigenvalue weighted by molar-refractivity contribution is 5.84. The first-order valence-corrected chi connectivity index (χ1v) is 10.7. The third kappa shape index (κ3) is 4.09. The van der Waals surface area contributed by atoms with Gasteiger partial charge in [0, 0.05) is 32.0 Å². The number of rotatable bonds is 8. The van der Waals surface area contributed by atoms with E-state index in [1.165, 1.54) is 19.3 Å². The van der Waals surface area contributed by atoms with E-state index in [1.807, 2.05) is 30.3 Å². The van der Waals surface area contributed by atoms with Crippen molar-refractivity contribution in [1.29, 1.82) is 0 Å². The maximum Gasteiger partial charge on any atom is 0.226 e. The molecule has 1 unspecified atom stereocenters. The van der Waals surface area contributed by atoms with Gasteiger partial charge in [0.2, 0.25) is 11.8 Å². The van der Waals surface area contributed by atoms with Crippen molar-refractivity contribution in [3.63, 3.8) is 0 Å². The maximum absolute atomic E-state index is 12.9.